The first-order valence-electron chi connectivity index (χ1n) is 11.6. The molecule has 0 radical (unpaired) electrons. The lowest BCUT2D eigenvalue weighted by atomic mass is 9.71. The van der Waals surface area contributed by atoms with Crippen molar-refractivity contribution in [1.29, 1.82) is 0 Å². The normalized spacial score (nSPS) is 17.0. The third-order valence-electron chi connectivity index (χ3n) is 6.12. The summed E-state index contributed by atoms with van der Waals surface area (Å²) >= 11 is 0. The van der Waals surface area contributed by atoms with Crippen LogP contribution in [0.4, 0.5) is 32.0 Å². The third kappa shape index (κ3) is 10.4. The number of nitrogens with zero attached hydrogens (tertiary/aromatic N) is 3. The second-order valence-electron chi connectivity index (χ2n) is 9.79. The number of amides is 1. The van der Waals surface area contributed by atoms with Crippen LogP contribution in [0.1, 0.15) is 32.3 Å². The SMILES string of the molecule is CC(C)C(=O)N1CC2(CCN(Cc3ccc(N(C)C)cc3)CC2)C1.O=C(O)C(F)(F)F.O=C(O)C(F)(F)F. The van der Waals surface area contributed by atoms with Gasteiger partial charge in [0.25, 0.3) is 0 Å². The monoisotopic (exact) mass is 557 g/mol. The van der Waals surface area contributed by atoms with E-state index in [1.54, 1.807) is 0 Å². The summed E-state index contributed by atoms with van der Waals surface area (Å²) in [5, 5.41) is 14.2. The van der Waals surface area contributed by atoms with Gasteiger partial charge >= 0.3 is 24.3 Å². The minimum Gasteiger partial charge on any atom is -0.475 e. The molecule has 216 valence electrons. The number of likely N-dealkylation sites (tertiary alicyclic amines) is 2. The van der Waals surface area contributed by atoms with Crippen molar-refractivity contribution in [2.75, 3.05) is 45.2 Å². The quantitative estimate of drug-likeness (QED) is 0.538. The number of carboxylic acid groups (broad SMARTS) is 2. The average molecular weight is 558 g/mol. The molecule has 0 unspecified atom stereocenters. The zero-order chi connectivity index (χ0) is 29.5. The number of hydrogen-bond acceptors (Lipinski definition) is 5. The van der Waals surface area contributed by atoms with Gasteiger partial charge in [0, 0.05) is 50.7 Å². The molecule has 2 fully saturated rings. The molecule has 3 rings (SSSR count). The molecule has 2 saturated heterocycles. The topological polar surface area (TPSA) is 101 Å². The van der Waals surface area contributed by atoms with Gasteiger partial charge in [-0.3, -0.25) is 9.69 Å². The number of halogens is 6. The Labute approximate surface area is 216 Å². The fourth-order valence-corrected chi connectivity index (χ4v) is 3.94. The van der Waals surface area contributed by atoms with E-state index < -0.39 is 24.3 Å². The molecule has 0 bridgehead atoms. The van der Waals surface area contributed by atoms with Gasteiger partial charge in [-0.1, -0.05) is 26.0 Å². The second-order valence-corrected chi connectivity index (χ2v) is 9.79. The van der Waals surface area contributed by atoms with Gasteiger partial charge < -0.3 is 20.0 Å². The first kappa shape index (κ1) is 33.0. The number of piperidine rings is 1. The summed E-state index contributed by atoms with van der Waals surface area (Å²) in [5.41, 5.74) is 3.05. The van der Waals surface area contributed by atoms with E-state index in [0.717, 1.165) is 32.7 Å². The van der Waals surface area contributed by atoms with Crippen LogP contribution in [0.15, 0.2) is 24.3 Å². The maximum absolute atomic E-state index is 12.0. The average Bonchev–Trinajstić information content (AvgIpc) is 2.77. The third-order valence-corrected chi connectivity index (χ3v) is 6.12. The number of carboxylic acids is 2. The molecule has 0 aliphatic carbocycles. The maximum Gasteiger partial charge on any atom is 0.490 e. The number of hydrogen-bond donors (Lipinski definition) is 2. The molecule has 1 aromatic carbocycles. The first-order chi connectivity index (χ1) is 17.3. The Hall–Kier alpha value is -3.03. The van der Waals surface area contributed by atoms with Crippen molar-refractivity contribution in [1.82, 2.24) is 9.80 Å². The summed E-state index contributed by atoms with van der Waals surface area (Å²) in [6.07, 6.45) is -7.71. The maximum atomic E-state index is 12.0. The molecule has 8 nitrogen and oxygen atoms in total. The van der Waals surface area contributed by atoms with Crippen LogP contribution in [0.3, 0.4) is 0 Å². The molecule has 38 heavy (non-hydrogen) atoms. The highest BCUT2D eigenvalue weighted by Crippen LogP contribution is 2.41. The number of alkyl halides is 6. The summed E-state index contributed by atoms with van der Waals surface area (Å²) in [4.78, 5) is 36.6. The minimum absolute atomic E-state index is 0.132. The number of aliphatic carboxylic acids is 2. The van der Waals surface area contributed by atoms with Crippen molar-refractivity contribution < 1.29 is 50.9 Å². The van der Waals surface area contributed by atoms with Crippen molar-refractivity contribution in [3.05, 3.63) is 29.8 Å². The van der Waals surface area contributed by atoms with Crippen molar-refractivity contribution in [3.63, 3.8) is 0 Å². The number of anilines is 1. The van der Waals surface area contributed by atoms with Crippen molar-refractivity contribution in [3.8, 4) is 0 Å². The van der Waals surface area contributed by atoms with Gasteiger partial charge in [0.1, 0.15) is 0 Å². The van der Waals surface area contributed by atoms with E-state index in [-0.39, 0.29) is 5.92 Å². The molecule has 2 aliphatic heterocycles. The highest BCUT2D eigenvalue weighted by atomic mass is 19.4. The molecule has 14 heteroatoms. The van der Waals surface area contributed by atoms with Crippen molar-refractivity contribution in [2.45, 2.75) is 45.6 Å². The van der Waals surface area contributed by atoms with Gasteiger partial charge in [-0.15, -0.1) is 0 Å². The Morgan fingerprint density at radius 1 is 0.895 bits per heavy atom. The number of carbonyl (C=O) groups excluding carboxylic acids is 1. The van der Waals surface area contributed by atoms with E-state index in [0.29, 0.717) is 11.3 Å². The molecule has 1 amide bonds. The summed E-state index contributed by atoms with van der Waals surface area (Å²) in [6, 6.07) is 8.88. The summed E-state index contributed by atoms with van der Waals surface area (Å²) < 4.78 is 63.5. The van der Waals surface area contributed by atoms with E-state index in [1.807, 2.05) is 13.8 Å². The molecular formula is C24H33F6N3O5. The summed E-state index contributed by atoms with van der Waals surface area (Å²) in [7, 11) is 4.15. The molecular weight excluding hydrogens is 524 g/mol. The zero-order valence-electron chi connectivity index (χ0n) is 21.6. The van der Waals surface area contributed by atoms with Crippen LogP contribution >= 0.6 is 0 Å². The van der Waals surface area contributed by atoms with E-state index in [9.17, 15) is 31.1 Å². The van der Waals surface area contributed by atoms with Crippen LogP contribution in [0.2, 0.25) is 0 Å². The van der Waals surface area contributed by atoms with Crippen molar-refractivity contribution in [2.24, 2.45) is 11.3 Å². The highest BCUT2D eigenvalue weighted by Gasteiger charge is 2.46. The van der Waals surface area contributed by atoms with Crippen LogP contribution in [0.25, 0.3) is 0 Å². The molecule has 2 N–H and O–H groups in total. The second kappa shape index (κ2) is 13.2. The largest absolute Gasteiger partial charge is 0.490 e. The zero-order valence-corrected chi connectivity index (χ0v) is 21.6. The van der Waals surface area contributed by atoms with E-state index in [1.165, 1.54) is 24.1 Å². The molecule has 2 aliphatic rings. The Morgan fingerprint density at radius 2 is 1.29 bits per heavy atom. The van der Waals surface area contributed by atoms with E-state index in [2.05, 4.69) is 53.1 Å². The van der Waals surface area contributed by atoms with Crippen LogP contribution in [-0.2, 0) is 20.9 Å². The molecule has 0 aromatic heterocycles. The van der Waals surface area contributed by atoms with Gasteiger partial charge in [0.05, 0.1) is 0 Å². The smallest absolute Gasteiger partial charge is 0.475 e. The standard InChI is InChI=1S/C20H31N3O.2C2HF3O2/c1-16(2)19(24)23-14-20(15-23)9-11-22(12-10-20)13-17-5-7-18(8-6-17)21(3)4;2*3-2(4,5)1(6)7/h5-8,16H,9-15H2,1-4H3;2*(H,6,7). The van der Waals surface area contributed by atoms with Gasteiger partial charge in [0.15, 0.2) is 0 Å². The molecule has 0 atom stereocenters. The minimum atomic E-state index is -5.08. The van der Waals surface area contributed by atoms with Crippen LogP contribution in [0, 0.1) is 11.3 Å². The van der Waals surface area contributed by atoms with E-state index >= 15 is 0 Å². The van der Waals surface area contributed by atoms with Crippen LogP contribution < -0.4 is 4.90 Å². The predicted octanol–water partition coefficient (Wildman–Crippen LogP) is 4.10. The first-order valence-corrected chi connectivity index (χ1v) is 11.6. The Kier molecular flexibility index (Phi) is 11.4. The number of benzene rings is 1. The summed E-state index contributed by atoms with van der Waals surface area (Å²) in [5.74, 6) is -5.06. The molecule has 1 spiro atoms. The van der Waals surface area contributed by atoms with Crippen molar-refractivity contribution >= 4 is 23.5 Å². The number of carbonyl (C=O) groups is 3. The Morgan fingerprint density at radius 3 is 1.61 bits per heavy atom. The van der Waals surface area contributed by atoms with Gasteiger partial charge in [-0.25, -0.2) is 9.59 Å². The highest BCUT2D eigenvalue weighted by molar-refractivity contribution is 5.79. The van der Waals surface area contributed by atoms with Crippen LogP contribution in [0.5, 0.6) is 0 Å². The molecule has 2 heterocycles. The van der Waals surface area contributed by atoms with Gasteiger partial charge in [-0.05, 0) is 43.6 Å². The molecule has 1 aromatic rings. The lowest BCUT2D eigenvalue weighted by molar-refractivity contribution is -0.193. The van der Waals surface area contributed by atoms with Crippen LogP contribution in [-0.4, -0.2) is 90.5 Å². The lowest BCUT2D eigenvalue weighted by Crippen LogP contribution is -2.62. The Balaban J connectivity index is 0.000000426. The predicted molar refractivity (Wildman–Crippen MR) is 127 cm³/mol. The number of rotatable bonds is 4. The Bertz CT molecular complexity index is 908. The van der Waals surface area contributed by atoms with Gasteiger partial charge in [-0.2, -0.15) is 26.3 Å². The lowest BCUT2D eigenvalue weighted by Gasteiger charge is -2.54. The summed E-state index contributed by atoms with van der Waals surface area (Å²) in [6.45, 7) is 9.30. The fourth-order valence-electron chi connectivity index (χ4n) is 3.94. The van der Waals surface area contributed by atoms with E-state index in [4.69, 9.17) is 19.8 Å². The van der Waals surface area contributed by atoms with Gasteiger partial charge in [0.2, 0.25) is 5.91 Å². The molecule has 0 saturated carbocycles. The fraction of sp³-hybridized carbons (Fsp3) is 0.625.